The monoisotopic (exact) mass is 317 g/mol. The minimum absolute atomic E-state index is 0.115. The molecule has 4 saturated carbocycles. The van der Waals surface area contributed by atoms with Gasteiger partial charge in [0.15, 0.2) is 0 Å². The van der Waals surface area contributed by atoms with E-state index in [0.717, 1.165) is 48.3 Å². The minimum Gasteiger partial charge on any atom is -0.151 e. The molecule has 2 nitrogen and oxygen atoms in total. The van der Waals surface area contributed by atoms with Crippen molar-refractivity contribution >= 4 is 0 Å². The lowest BCUT2D eigenvalue weighted by Crippen LogP contribution is -2.46. The molecule has 23 heavy (non-hydrogen) atoms. The maximum atomic E-state index is 11.0. The van der Waals surface area contributed by atoms with Crippen LogP contribution in [0.3, 0.4) is 0 Å². The molecule has 4 fully saturated rings. The van der Waals surface area contributed by atoms with Crippen LogP contribution in [0, 0.1) is 51.2 Å². The summed E-state index contributed by atoms with van der Waals surface area (Å²) in [5.74, 6) is 5.42. The second kappa shape index (κ2) is 5.30. The highest BCUT2D eigenvalue weighted by atomic mass is 16.3. The van der Waals surface area contributed by atoms with Gasteiger partial charge in [0.05, 0.1) is 6.04 Å². The topological polar surface area (TPSA) is 29.4 Å². The number of rotatable bonds is 2. The Labute approximate surface area is 142 Å². The Morgan fingerprint density at radius 2 is 1.74 bits per heavy atom. The largest absolute Gasteiger partial charge is 0.151 e. The number of hydrogen-bond donors (Lipinski definition) is 0. The maximum Gasteiger partial charge on any atom is 0.0922 e. The van der Waals surface area contributed by atoms with Crippen molar-refractivity contribution in [1.29, 1.82) is 0 Å². The minimum atomic E-state index is 0.115. The van der Waals surface area contributed by atoms with Crippen molar-refractivity contribution in [2.45, 2.75) is 85.1 Å². The molecule has 4 rings (SSSR count). The molecule has 0 spiro atoms. The van der Waals surface area contributed by atoms with Crippen LogP contribution in [0.5, 0.6) is 0 Å². The first-order valence-electron chi connectivity index (χ1n) is 10.2. The zero-order valence-corrected chi connectivity index (χ0v) is 15.6. The van der Waals surface area contributed by atoms with E-state index in [4.69, 9.17) is 0 Å². The molecule has 2 heteroatoms. The molecule has 0 bridgehead atoms. The molecule has 0 radical (unpaired) electrons. The highest BCUT2D eigenvalue weighted by Gasteiger charge is 2.63. The first-order chi connectivity index (χ1) is 10.9. The summed E-state index contributed by atoms with van der Waals surface area (Å²) < 4.78 is 0. The molecule has 130 valence electrons. The van der Waals surface area contributed by atoms with Gasteiger partial charge in [-0.05, 0) is 97.7 Å². The number of nitrogens with zero attached hydrogens (tertiary/aromatic N) is 1. The van der Waals surface area contributed by atoms with E-state index in [2.05, 4.69) is 32.9 Å². The van der Waals surface area contributed by atoms with Gasteiger partial charge in [-0.25, -0.2) is 0 Å². The molecular weight excluding hydrogens is 282 g/mol. The van der Waals surface area contributed by atoms with Crippen LogP contribution in [0.25, 0.3) is 0 Å². The molecule has 0 aliphatic heterocycles. The van der Waals surface area contributed by atoms with Gasteiger partial charge in [-0.1, -0.05) is 32.9 Å². The Kier molecular flexibility index (Phi) is 3.71. The van der Waals surface area contributed by atoms with Crippen molar-refractivity contribution in [1.82, 2.24) is 0 Å². The lowest BCUT2D eigenvalue weighted by Gasteiger charge is -2.53. The van der Waals surface area contributed by atoms with Crippen LogP contribution in [0.15, 0.2) is 5.18 Å². The van der Waals surface area contributed by atoms with Gasteiger partial charge in [0.25, 0.3) is 0 Å². The summed E-state index contributed by atoms with van der Waals surface area (Å²) in [6.07, 6.45) is 10.6. The predicted molar refractivity (Wildman–Crippen MR) is 95.0 cm³/mol. The van der Waals surface area contributed by atoms with Crippen molar-refractivity contribution in [3.05, 3.63) is 4.91 Å². The SMILES string of the molecule is CC(C)C1CCC2C3CCC4CC(N=O)CCC4(C)C3CC12C. The van der Waals surface area contributed by atoms with E-state index in [1.54, 1.807) is 0 Å². The van der Waals surface area contributed by atoms with Crippen LogP contribution in [0.4, 0.5) is 0 Å². The van der Waals surface area contributed by atoms with E-state index in [1.807, 2.05) is 0 Å². The molecule has 4 aliphatic carbocycles. The Balaban J connectivity index is 1.62. The quantitative estimate of drug-likeness (QED) is 0.570. The zero-order valence-electron chi connectivity index (χ0n) is 15.6. The Morgan fingerprint density at radius 1 is 0.957 bits per heavy atom. The number of hydrogen-bond acceptors (Lipinski definition) is 2. The first kappa shape index (κ1) is 16.1. The van der Waals surface area contributed by atoms with Crippen molar-refractivity contribution < 1.29 is 0 Å². The summed E-state index contributed by atoms with van der Waals surface area (Å²) in [4.78, 5) is 11.0. The van der Waals surface area contributed by atoms with Crippen LogP contribution >= 0.6 is 0 Å². The lowest BCUT2D eigenvalue weighted by molar-refractivity contribution is -0.0358. The third-order valence-corrected chi connectivity index (χ3v) is 9.33. The van der Waals surface area contributed by atoms with Crippen molar-refractivity contribution in [2.24, 2.45) is 51.5 Å². The summed E-state index contributed by atoms with van der Waals surface area (Å²) in [7, 11) is 0. The van der Waals surface area contributed by atoms with Gasteiger partial charge < -0.3 is 0 Å². The van der Waals surface area contributed by atoms with Gasteiger partial charge in [-0.15, -0.1) is 0 Å². The maximum absolute atomic E-state index is 11.0. The first-order valence-corrected chi connectivity index (χ1v) is 10.2. The molecule has 0 saturated heterocycles. The van der Waals surface area contributed by atoms with Crippen molar-refractivity contribution in [3.8, 4) is 0 Å². The molecule has 0 aromatic heterocycles. The van der Waals surface area contributed by atoms with Crippen LogP contribution in [-0.4, -0.2) is 6.04 Å². The summed E-state index contributed by atoms with van der Waals surface area (Å²) >= 11 is 0. The summed E-state index contributed by atoms with van der Waals surface area (Å²) in [6, 6.07) is 0.115. The number of nitroso groups, excluding NO2 is 1. The van der Waals surface area contributed by atoms with Crippen LogP contribution in [0.1, 0.15) is 79.1 Å². The highest BCUT2D eigenvalue weighted by molar-refractivity contribution is 5.13. The Morgan fingerprint density at radius 3 is 2.43 bits per heavy atom. The third-order valence-electron chi connectivity index (χ3n) is 9.33. The molecule has 0 N–H and O–H groups in total. The van der Waals surface area contributed by atoms with Gasteiger partial charge in [0, 0.05) is 0 Å². The molecule has 0 aromatic rings. The van der Waals surface area contributed by atoms with Gasteiger partial charge in [-0.2, -0.15) is 4.91 Å². The Bertz CT molecular complexity index is 488. The summed E-state index contributed by atoms with van der Waals surface area (Å²) in [5.41, 5.74) is 1.10. The highest BCUT2D eigenvalue weighted by Crippen LogP contribution is 2.71. The average Bonchev–Trinajstić information content (AvgIpc) is 2.99. The molecular formula is C21H35NO. The fourth-order valence-corrected chi connectivity index (χ4v) is 8.25. The molecule has 4 aliphatic rings. The van der Waals surface area contributed by atoms with Gasteiger partial charge in [-0.3, -0.25) is 0 Å². The van der Waals surface area contributed by atoms with Gasteiger partial charge in [0.1, 0.15) is 0 Å². The van der Waals surface area contributed by atoms with Crippen LogP contribution in [-0.2, 0) is 0 Å². The molecule has 0 aromatic carbocycles. The van der Waals surface area contributed by atoms with E-state index < -0.39 is 0 Å². The average molecular weight is 318 g/mol. The zero-order chi connectivity index (χ0) is 16.4. The third kappa shape index (κ3) is 2.12. The van der Waals surface area contributed by atoms with Gasteiger partial charge >= 0.3 is 0 Å². The number of fused-ring (bicyclic) bond motifs is 5. The standard InChI is InChI=1S/C21H35NO/c1-13(2)17-7-8-18-16-6-5-14-11-15(22-23)9-10-20(14,3)19(16)12-21(17,18)4/h13-19H,5-12H2,1-4H3. The Hall–Kier alpha value is -0.400. The van der Waals surface area contributed by atoms with Crippen LogP contribution in [0.2, 0.25) is 0 Å². The van der Waals surface area contributed by atoms with E-state index in [1.165, 1.54) is 38.5 Å². The summed E-state index contributed by atoms with van der Waals surface area (Å²) in [5, 5.41) is 3.41. The molecule has 0 heterocycles. The van der Waals surface area contributed by atoms with Gasteiger partial charge in [0.2, 0.25) is 0 Å². The molecule has 8 atom stereocenters. The lowest BCUT2D eigenvalue weighted by atomic mass is 9.52. The molecule has 0 amide bonds. The van der Waals surface area contributed by atoms with Crippen molar-refractivity contribution in [2.75, 3.05) is 0 Å². The summed E-state index contributed by atoms with van der Waals surface area (Å²) in [6.45, 7) is 10.1. The second-order valence-corrected chi connectivity index (χ2v) is 10.3. The van der Waals surface area contributed by atoms with E-state index in [-0.39, 0.29) is 6.04 Å². The van der Waals surface area contributed by atoms with Crippen molar-refractivity contribution in [3.63, 3.8) is 0 Å². The smallest absolute Gasteiger partial charge is 0.0922 e. The molecule has 8 unspecified atom stereocenters. The van der Waals surface area contributed by atoms with Crippen LogP contribution < -0.4 is 0 Å². The van der Waals surface area contributed by atoms with E-state index in [9.17, 15) is 4.91 Å². The normalized spacial score (nSPS) is 55.3. The fraction of sp³-hybridized carbons (Fsp3) is 1.00. The second-order valence-electron chi connectivity index (χ2n) is 10.3. The fourth-order valence-electron chi connectivity index (χ4n) is 8.25. The van der Waals surface area contributed by atoms with E-state index >= 15 is 0 Å². The van der Waals surface area contributed by atoms with E-state index in [0.29, 0.717) is 10.8 Å². The predicted octanol–water partition coefficient (Wildman–Crippen LogP) is 6.05.